The zero-order chi connectivity index (χ0) is 26.6. The van der Waals surface area contributed by atoms with Crippen LogP contribution >= 0.6 is 0 Å². The molecule has 8 nitrogen and oxygen atoms in total. The number of ether oxygens (including phenoxy) is 1. The number of para-hydroxylation sites is 1. The summed E-state index contributed by atoms with van der Waals surface area (Å²) in [6, 6.07) is 24.4. The van der Waals surface area contributed by atoms with Gasteiger partial charge in [-0.15, -0.1) is 0 Å². The molecule has 3 aromatic carbocycles. The molecule has 0 fully saturated rings. The summed E-state index contributed by atoms with van der Waals surface area (Å²) in [5.74, 6) is 0.230. The number of hydrogen-bond donors (Lipinski definition) is 2. The average molecular weight is 506 g/mol. The number of carbonyl (C=O) groups is 2. The summed E-state index contributed by atoms with van der Waals surface area (Å²) in [5.41, 5.74) is 5.39. The van der Waals surface area contributed by atoms with Gasteiger partial charge in [-0.2, -0.15) is 5.10 Å². The quantitative estimate of drug-likeness (QED) is 0.327. The van der Waals surface area contributed by atoms with E-state index in [-0.39, 0.29) is 11.8 Å². The van der Waals surface area contributed by atoms with E-state index in [1.807, 2.05) is 60.7 Å². The summed E-state index contributed by atoms with van der Waals surface area (Å²) in [6.45, 7) is 0.381. The Kier molecular flexibility index (Phi) is 6.86. The standard InChI is InChI=1S/C30H27N5O3/c1-35(2)30(37)22-14-20(13-21(15-22)29(36)32-17-19-9-5-4-6-10-19)23-16-25-27(33-34-28(25)31-18-23)24-11-7-8-12-26(24)38-3/h4-16,18H,17H2,1-3H3,(H,32,36)(H,31,33,34). The molecule has 5 aromatic rings. The Labute approximate surface area is 220 Å². The Hall–Kier alpha value is -4.98. The first kappa shape index (κ1) is 24.7. The van der Waals surface area contributed by atoms with Gasteiger partial charge >= 0.3 is 0 Å². The monoisotopic (exact) mass is 505 g/mol. The van der Waals surface area contributed by atoms with Crippen molar-refractivity contribution < 1.29 is 14.3 Å². The molecule has 0 aliphatic heterocycles. The number of benzene rings is 3. The fourth-order valence-electron chi connectivity index (χ4n) is 4.29. The van der Waals surface area contributed by atoms with Gasteiger partial charge in [-0.1, -0.05) is 42.5 Å². The fraction of sp³-hybridized carbons (Fsp3) is 0.133. The van der Waals surface area contributed by atoms with Gasteiger partial charge in [-0.3, -0.25) is 14.7 Å². The van der Waals surface area contributed by atoms with Crippen LogP contribution in [0.5, 0.6) is 5.75 Å². The van der Waals surface area contributed by atoms with Gasteiger partial charge in [0.25, 0.3) is 11.8 Å². The molecule has 0 bridgehead atoms. The molecule has 0 unspecified atom stereocenters. The lowest BCUT2D eigenvalue weighted by Crippen LogP contribution is -2.25. The van der Waals surface area contributed by atoms with Crippen LogP contribution in [0, 0.1) is 0 Å². The molecular formula is C30H27N5O3. The maximum Gasteiger partial charge on any atom is 0.253 e. The van der Waals surface area contributed by atoms with Gasteiger partial charge in [0.2, 0.25) is 0 Å². The Morgan fingerprint density at radius 3 is 2.42 bits per heavy atom. The fourth-order valence-corrected chi connectivity index (χ4v) is 4.29. The molecule has 2 N–H and O–H groups in total. The number of aromatic nitrogens is 3. The second-order valence-corrected chi connectivity index (χ2v) is 9.06. The molecule has 0 saturated heterocycles. The highest BCUT2D eigenvalue weighted by molar-refractivity contribution is 6.02. The van der Waals surface area contributed by atoms with E-state index >= 15 is 0 Å². The van der Waals surface area contributed by atoms with E-state index < -0.39 is 0 Å². The van der Waals surface area contributed by atoms with Crippen LogP contribution in [0.25, 0.3) is 33.4 Å². The van der Waals surface area contributed by atoms with Gasteiger partial charge < -0.3 is 15.0 Å². The Morgan fingerprint density at radius 1 is 0.921 bits per heavy atom. The molecular weight excluding hydrogens is 478 g/mol. The normalized spacial score (nSPS) is 10.8. The second kappa shape index (κ2) is 10.6. The molecule has 0 aliphatic carbocycles. The zero-order valence-electron chi connectivity index (χ0n) is 21.4. The van der Waals surface area contributed by atoms with Crippen molar-refractivity contribution in [1.82, 2.24) is 25.4 Å². The number of fused-ring (bicyclic) bond motifs is 1. The molecule has 8 heteroatoms. The van der Waals surface area contributed by atoms with Crippen molar-refractivity contribution in [1.29, 1.82) is 0 Å². The molecule has 38 heavy (non-hydrogen) atoms. The van der Waals surface area contributed by atoms with E-state index in [1.165, 1.54) is 4.90 Å². The molecule has 0 saturated carbocycles. The SMILES string of the molecule is COc1ccccc1-c1n[nH]c2ncc(-c3cc(C(=O)NCc4ccccc4)cc(C(=O)N(C)C)c3)cc12. The number of nitrogens with zero attached hydrogens (tertiary/aromatic N) is 3. The second-order valence-electron chi connectivity index (χ2n) is 9.06. The molecule has 2 heterocycles. The van der Waals surface area contributed by atoms with Crippen LogP contribution in [0.1, 0.15) is 26.3 Å². The first-order valence-corrected chi connectivity index (χ1v) is 12.1. The summed E-state index contributed by atoms with van der Waals surface area (Å²) in [7, 11) is 4.99. The van der Waals surface area contributed by atoms with Crippen molar-refractivity contribution in [2.45, 2.75) is 6.54 Å². The minimum atomic E-state index is -0.268. The van der Waals surface area contributed by atoms with E-state index in [1.54, 1.807) is 45.6 Å². The number of methoxy groups -OCH3 is 1. The molecule has 2 amide bonds. The Morgan fingerprint density at radius 2 is 1.66 bits per heavy atom. The predicted molar refractivity (Wildman–Crippen MR) is 147 cm³/mol. The maximum absolute atomic E-state index is 13.1. The van der Waals surface area contributed by atoms with Crippen LogP contribution in [-0.4, -0.2) is 53.1 Å². The van der Waals surface area contributed by atoms with E-state index in [0.29, 0.717) is 40.3 Å². The highest BCUT2D eigenvalue weighted by Gasteiger charge is 2.18. The van der Waals surface area contributed by atoms with Crippen molar-refractivity contribution in [3.05, 3.63) is 102 Å². The topological polar surface area (TPSA) is 100 Å². The van der Waals surface area contributed by atoms with Crippen LogP contribution < -0.4 is 10.1 Å². The molecule has 0 atom stereocenters. The molecule has 5 rings (SSSR count). The summed E-state index contributed by atoms with van der Waals surface area (Å²) < 4.78 is 5.53. The number of aromatic amines is 1. The first-order chi connectivity index (χ1) is 18.4. The van der Waals surface area contributed by atoms with Gasteiger partial charge in [-0.25, -0.2) is 4.98 Å². The lowest BCUT2D eigenvalue weighted by Gasteiger charge is -2.14. The van der Waals surface area contributed by atoms with Crippen molar-refractivity contribution in [3.8, 4) is 28.1 Å². The minimum Gasteiger partial charge on any atom is -0.496 e. The number of carbonyl (C=O) groups excluding carboxylic acids is 2. The smallest absolute Gasteiger partial charge is 0.253 e. The highest BCUT2D eigenvalue weighted by atomic mass is 16.5. The van der Waals surface area contributed by atoms with Gasteiger partial charge in [0.1, 0.15) is 11.4 Å². The Bertz CT molecular complexity index is 1630. The summed E-state index contributed by atoms with van der Waals surface area (Å²) in [4.78, 5) is 32.1. The number of nitrogens with one attached hydrogen (secondary N) is 2. The van der Waals surface area contributed by atoms with Crippen LogP contribution in [0.3, 0.4) is 0 Å². The van der Waals surface area contributed by atoms with Crippen LogP contribution in [0.2, 0.25) is 0 Å². The predicted octanol–water partition coefficient (Wildman–Crippen LogP) is 4.93. The zero-order valence-corrected chi connectivity index (χ0v) is 21.4. The third-order valence-electron chi connectivity index (χ3n) is 6.26. The molecule has 0 spiro atoms. The van der Waals surface area contributed by atoms with Crippen molar-refractivity contribution in [3.63, 3.8) is 0 Å². The van der Waals surface area contributed by atoms with Crippen LogP contribution in [0.4, 0.5) is 0 Å². The maximum atomic E-state index is 13.1. The largest absolute Gasteiger partial charge is 0.496 e. The van der Waals surface area contributed by atoms with Crippen molar-refractivity contribution >= 4 is 22.8 Å². The minimum absolute atomic E-state index is 0.198. The van der Waals surface area contributed by atoms with Gasteiger partial charge in [0.15, 0.2) is 5.65 Å². The Balaban J connectivity index is 1.56. The van der Waals surface area contributed by atoms with Crippen molar-refractivity contribution in [2.24, 2.45) is 0 Å². The number of hydrogen-bond acceptors (Lipinski definition) is 5. The third-order valence-corrected chi connectivity index (χ3v) is 6.26. The van der Waals surface area contributed by atoms with Gasteiger partial charge in [-0.05, 0) is 47.5 Å². The van der Waals surface area contributed by atoms with E-state index in [2.05, 4.69) is 20.5 Å². The van der Waals surface area contributed by atoms with Crippen LogP contribution in [-0.2, 0) is 6.54 Å². The average Bonchev–Trinajstić information content (AvgIpc) is 3.38. The summed E-state index contributed by atoms with van der Waals surface area (Å²) >= 11 is 0. The number of H-pyrrole nitrogens is 1. The van der Waals surface area contributed by atoms with E-state index in [9.17, 15) is 9.59 Å². The lowest BCUT2D eigenvalue weighted by molar-refractivity contribution is 0.0827. The number of pyridine rings is 1. The van der Waals surface area contributed by atoms with E-state index in [4.69, 9.17) is 4.74 Å². The molecule has 0 aliphatic rings. The number of amides is 2. The molecule has 2 aromatic heterocycles. The lowest BCUT2D eigenvalue weighted by atomic mass is 9.98. The number of rotatable bonds is 7. The van der Waals surface area contributed by atoms with E-state index in [0.717, 1.165) is 22.1 Å². The third kappa shape index (κ3) is 4.97. The highest BCUT2D eigenvalue weighted by Crippen LogP contribution is 2.34. The molecule has 0 radical (unpaired) electrons. The van der Waals surface area contributed by atoms with Crippen molar-refractivity contribution in [2.75, 3.05) is 21.2 Å². The van der Waals surface area contributed by atoms with Gasteiger partial charge in [0.05, 0.1) is 7.11 Å². The van der Waals surface area contributed by atoms with Crippen LogP contribution in [0.15, 0.2) is 85.1 Å². The molecule has 190 valence electrons. The summed E-state index contributed by atoms with van der Waals surface area (Å²) in [5, 5.41) is 11.2. The summed E-state index contributed by atoms with van der Waals surface area (Å²) in [6.07, 6.45) is 1.71. The first-order valence-electron chi connectivity index (χ1n) is 12.1. The van der Waals surface area contributed by atoms with Gasteiger partial charge in [0, 0.05) is 54.5 Å².